The van der Waals surface area contributed by atoms with Crippen LogP contribution in [0.2, 0.25) is 5.15 Å². The minimum Gasteiger partial charge on any atom is -0.465 e. The van der Waals surface area contributed by atoms with Crippen LogP contribution in [0.15, 0.2) is 18.5 Å². The molecule has 0 aliphatic rings. The Kier molecular flexibility index (Phi) is 4.57. The van der Waals surface area contributed by atoms with E-state index in [2.05, 4.69) is 14.7 Å². The summed E-state index contributed by atoms with van der Waals surface area (Å²) in [6.45, 7) is 2.67. The third kappa shape index (κ3) is 3.08. The van der Waals surface area contributed by atoms with E-state index in [1.807, 2.05) is 31.1 Å². The molecule has 0 amide bonds. The molecular weight excluding hydrogens is 298 g/mol. The molecule has 7 heteroatoms. The summed E-state index contributed by atoms with van der Waals surface area (Å²) < 4.78 is 4.67. The van der Waals surface area contributed by atoms with Gasteiger partial charge < -0.3 is 9.64 Å². The Morgan fingerprint density at radius 3 is 2.95 bits per heavy atom. The van der Waals surface area contributed by atoms with Gasteiger partial charge in [0, 0.05) is 26.0 Å². The molecule has 0 radical (unpaired) electrons. The molecule has 2 heterocycles. The molecule has 5 nitrogen and oxygen atoms in total. The van der Waals surface area contributed by atoms with Crippen LogP contribution < -0.4 is 4.90 Å². The number of ether oxygens (including phenoxy) is 1. The Balaban J connectivity index is 2.20. The van der Waals surface area contributed by atoms with E-state index in [1.54, 1.807) is 6.20 Å². The fourth-order valence-electron chi connectivity index (χ4n) is 1.66. The minimum atomic E-state index is -0.468. The Morgan fingerprint density at radius 1 is 1.55 bits per heavy atom. The zero-order valence-corrected chi connectivity index (χ0v) is 13.0. The van der Waals surface area contributed by atoms with E-state index >= 15 is 0 Å². The van der Waals surface area contributed by atoms with Crippen LogP contribution in [0.3, 0.4) is 0 Å². The summed E-state index contributed by atoms with van der Waals surface area (Å²) in [4.78, 5) is 22.1. The lowest BCUT2D eigenvalue weighted by atomic mass is 10.1. The molecule has 0 unspecified atom stereocenters. The maximum absolute atomic E-state index is 11.5. The number of hydrogen-bond donors (Lipinski definition) is 0. The standard InChI is InChI=1S/C13H14ClN3O2S/c1-8-4-5-15-6-9(8)7-17(2)13-16-11(14)10(20-13)12(18)19-3/h4-6H,7H2,1-3H3. The van der Waals surface area contributed by atoms with Gasteiger partial charge in [-0.2, -0.15) is 0 Å². The molecule has 0 aliphatic heterocycles. The second kappa shape index (κ2) is 6.19. The minimum absolute atomic E-state index is 0.173. The number of halogens is 1. The summed E-state index contributed by atoms with van der Waals surface area (Å²) in [7, 11) is 3.21. The average molecular weight is 312 g/mol. The van der Waals surface area contributed by atoms with E-state index in [0.29, 0.717) is 16.6 Å². The molecule has 2 aromatic heterocycles. The van der Waals surface area contributed by atoms with Crippen LogP contribution in [0.25, 0.3) is 0 Å². The van der Waals surface area contributed by atoms with Crippen LogP contribution in [0.1, 0.15) is 20.8 Å². The number of anilines is 1. The van der Waals surface area contributed by atoms with Crippen molar-refractivity contribution in [2.24, 2.45) is 0 Å². The first-order valence-corrected chi connectivity index (χ1v) is 7.07. The molecule has 0 fully saturated rings. The second-order valence-corrected chi connectivity index (χ2v) is 5.60. The van der Waals surface area contributed by atoms with Crippen molar-refractivity contribution in [2.75, 3.05) is 19.1 Å². The van der Waals surface area contributed by atoms with Crippen LogP contribution in [-0.4, -0.2) is 30.1 Å². The third-order valence-electron chi connectivity index (χ3n) is 2.83. The fourth-order valence-corrected chi connectivity index (χ4v) is 2.82. The predicted octanol–water partition coefficient (Wildman–Crippen LogP) is 2.92. The fraction of sp³-hybridized carbons (Fsp3) is 0.308. The zero-order chi connectivity index (χ0) is 14.7. The molecule has 0 N–H and O–H groups in total. The van der Waals surface area contributed by atoms with E-state index in [1.165, 1.54) is 18.4 Å². The van der Waals surface area contributed by atoms with E-state index in [9.17, 15) is 4.79 Å². The van der Waals surface area contributed by atoms with Gasteiger partial charge in [-0.25, -0.2) is 9.78 Å². The van der Waals surface area contributed by atoms with Crippen molar-refractivity contribution in [2.45, 2.75) is 13.5 Å². The van der Waals surface area contributed by atoms with Gasteiger partial charge in [0.05, 0.1) is 7.11 Å². The van der Waals surface area contributed by atoms with Crippen molar-refractivity contribution >= 4 is 34.0 Å². The molecule has 0 aromatic carbocycles. The number of thiazole rings is 1. The SMILES string of the molecule is COC(=O)c1sc(N(C)Cc2cnccc2C)nc1Cl. The normalized spacial score (nSPS) is 10.4. The number of pyridine rings is 1. The molecule has 0 atom stereocenters. The molecule has 2 aromatic rings. The molecule has 0 saturated heterocycles. The number of rotatable bonds is 4. The van der Waals surface area contributed by atoms with Crippen molar-refractivity contribution in [3.63, 3.8) is 0 Å². The van der Waals surface area contributed by atoms with Gasteiger partial charge in [-0.05, 0) is 24.1 Å². The smallest absolute Gasteiger partial charge is 0.351 e. The van der Waals surface area contributed by atoms with E-state index in [4.69, 9.17) is 11.6 Å². The first-order valence-electron chi connectivity index (χ1n) is 5.88. The molecule has 106 valence electrons. The van der Waals surface area contributed by atoms with E-state index in [-0.39, 0.29) is 5.15 Å². The highest BCUT2D eigenvalue weighted by molar-refractivity contribution is 7.18. The number of hydrogen-bond acceptors (Lipinski definition) is 6. The van der Waals surface area contributed by atoms with Crippen molar-refractivity contribution in [1.82, 2.24) is 9.97 Å². The highest BCUT2D eigenvalue weighted by Crippen LogP contribution is 2.30. The number of aromatic nitrogens is 2. The molecule has 20 heavy (non-hydrogen) atoms. The van der Waals surface area contributed by atoms with Crippen molar-refractivity contribution in [3.8, 4) is 0 Å². The quantitative estimate of drug-likeness (QED) is 0.813. The van der Waals surface area contributed by atoms with Crippen LogP contribution in [0.4, 0.5) is 5.13 Å². The lowest BCUT2D eigenvalue weighted by Gasteiger charge is -2.16. The van der Waals surface area contributed by atoms with Crippen molar-refractivity contribution in [3.05, 3.63) is 39.6 Å². The molecule has 0 spiro atoms. The van der Waals surface area contributed by atoms with Gasteiger partial charge in [0.2, 0.25) is 0 Å². The molecule has 0 aliphatic carbocycles. The Labute approximate surface area is 126 Å². The Hall–Kier alpha value is -1.66. The topological polar surface area (TPSA) is 55.3 Å². The first-order chi connectivity index (χ1) is 9.52. The monoisotopic (exact) mass is 311 g/mol. The van der Waals surface area contributed by atoms with E-state index in [0.717, 1.165) is 11.1 Å². The van der Waals surface area contributed by atoms with Crippen LogP contribution in [-0.2, 0) is 11.3 Å². The molecule has 0 bridgehead atoms. The summed E-state index contributed by atoms with van der Waals surface area (Å²) in [5.74, 6) is -0.468. The molecule has 0 saturated carbocycles. The van der Waals surface area contributed by atoms with E-state index < -0.39 is 5.97 Å². The summed E-state index contributed by atoms with van der Waals surface area (Å²) in [6.07, 6.45) is 3.58. The average Bonchev–Trinajstić information content (AvgIpc) is 2.82. The van der Waals surface area contributed by atoms with Crippen molar-refractivity contribution < 1.29 is 9.53 Å². The lowest BCUT2D eigenvalue weighted by molar-refractivity contribution is 0.0606. The van der Waals surface area contributed by atoms with Crippen LogP contribution in [0, 0.1) is 6.92 Å². The number of methoxy groups -OCH3 is 1. The van der Waals surface area contributed by atoms with Gasteiger partial charge in [0.1, 0.15) is 0 Å². The number of nitrogens with zero attached hydrogens (tertiary/aromatic N) is 3. The summed E-state index contributed by atoms with van der Waals surface area (Å²) in [5, 5.41) is 0.838. The zero-order valence-electron chi connectivity index (χ0n) is 11.4. The number of carbonyl (C=O) groups is 1. The van der Waals surface area contributed by atoms with Crippen molar-refractivity contribution in [1.29, 1.82) is 0 Å². The lowest BCUT2D eigenvalue weighted by Crippen LogP contribution is -2.16. The largest absolute Gasteiger partial charge is 0.465 e. The summed E-state index contributed by atoms with van der Waals surface area (Å²) in [5.41, 5.74) is 2.25. The van der Waals surface area contributed by atoms with Crippen LogP contribution in [0.5, 0.6) is 0 Å². The van der Waals surface area contributed by atoms with Gasteiger partial charge in [0.15, 0.2) is 15.2 Å². The predicted molar refractivity (Wildman–Crippen MR) is 79.5 cm³/mol. The first kappa shape index (κ1) is 14.7. The number of esters is 1. The highest BCUT2D eigenvalue weighted by atomic mass is 35.5. The molecular formula is C13H14ClN3O2S. The van der Waals surface area contributed by atoms with Gasteiger partial charge in [0.25, 0.3) is 0 Å². The number of carbonyl (C=O) groups excluding carboxylic acids is 1. The van der Waals surface area contributed by atoms with Gasteiger partial charge in [-0.15, -0.1) is 0 Å². The second-order valence-electron chi connectivity index (χ2n) is 4.27. The van der Waals surface area contributed by atoms with Crippen LogP contribution >= 0.6 is 22.9 Å². The maximum atomic E-state index is 11.5. The summed E-state index contributed by atoms with van der Waals surface area (Å²) in [6, 6.07) is 1.96. The van der Waals surface area contributed by atoms with Gasteiger partial charge in [-0.1, -0.05) is 22.9 Å². The maximum Gasteiger partial charge on any atom is 0.351 e. The Bertz CT molecular complexity index is 630. The number of aryl methyl sites for hydroxylation is 1. The Morgan fingerprint density at radius 2 is 2.30 bits per heavy atom. The third-order valence-corrected chi connectivity index (χ3v) is 4.36. The van der Waals surface area contributed by atoms with Gasteiger partial charge >= 0.3 is 5.97 Å². The van der Waals surface area contributed by atoms with Gasteiger partial charge in [-0.3, -0.25) is 4.98 Å². The molecule has 2 rings (SSSR count). The highest BCUT2D eigenvalue weighted by Gasteiger charge is 2.19. The summed E-state index contributed by atoms with van der Waals surface area (Å²) >= 11 is 7.17.